The lowest BCUT2D eigenvalue weighted by Gasteiger charge is -2.17. The predicted octanol–water partition coefficient (Wildman–Crippen LogP) is 6.72. The maximum atomic E-state index is 12.7. The van der Waals surface area contributed by atoms with E-state index in [2.05, 4.69) is 29.9 Å². The van der Waals surface area contributed by atoms with Crippen molar-refractivity contribution in [2.75, 3.05) is 6.61 Å². The Morgan fingerprint density at radius 2 is 1.87 bits per heavy atom. The number of aryl methyl sites for hydroxylation is 1. The maximum absolute atomic E-state index is 12.7. The Morgan fingerprint density at radius 3 is 2.58 bits per heavy atom. The average Bonchev–Trinajstić information content (AvgIpc) is 3.27. The molecule has 38 heavy (non-hydrogen) atoms. The van der Waals surface area contributed by atoms with Crippen molar-refractivity contribution in [1.82, 2.24) is 5.32 Å². The third kappa shape index (κ3) is 6.53. The van der Waals surface area contributed by atoms with Crippen LogP contribution in [-0.2, 0) is 24.2 Å². The lowest BCUT2D eigenvalue weighted by molar-refractivity contribution is -0.115. The second-order valence-electron chi connectivity index (χ2n) is 8.49. The Morgan fingerprint density at radius 1 is 1.08 bits per heavy atom. The van der Waals surface area contributed by atoms with Crippen molar-refractivity contribution in [2.45, 2.75) is 33.3 Å². The van der Waals surface area contributed by atoms with Crippen molar-refractivity contribution in [3.8, 4) is 17.6 Å². The molecule has 0 aromatic heterocycles. The van der Waals surface area contributed by atoms with Crippen molar-refractivity contribution >= 4 is 34.6 Å². The number of nitrogens with one attached hydrogen (secondary N) is 1. The number of benzene rings is 3. The van der Waals surface area contributed by atoms with E-state index in [1.807, 2.05) is 67.6 Å². The van der Waals surface area contributed by atoms with Crippen LogP contribution in [0, 0.1) is 11.3 Å². The molecule has 6 nitrogen and oxygen atoms in total. The molecule has 0 saturated carbocycles. The number of hydrogen-bond donors (Lipinski definition) is 1. The summed E-state index contributed by atoms with van der Waals surface area (Å²) in [5, 5.41) is 12.8. The molecule has 4 rings (SSSR count). The summed E-state index contributed by atoms with van der Waals surface area (Å²) in [6, 6.07) is 21.4. The predicted molar refractivity (Wildman–Crippen MR) is 154 cm³/mol. The molecule has 0 spiro atoms. The van der Waals surface area contributed by atoms with Gasteiger partial charge in [-0.05, 0) is 79.1 Å². The van der Waals surface area contributed by atoms with Crippen molar-refractivity contribution < 1.29 is 14.3 Å². The average molecular weight is 524 g/mol. The molecule has 7 heteroatoms. The fraction of sp³-hybridized carbons (Fsp3) is 0.194. The number of hydrogen-bond acceptors (Lipinski definition) is 6. The van der Waals surface area contributed by atoms with Gasteiger partial charge in [0.15, 0.2) is 16.7 Å². The van der Waals surface area contributed by atoms with Crippen LogP contribution in [0.4, 0.5) is 5.69 Å². The van der Waals surface area contributed by atoms with Gasteiger partial charge >= 0.3 is 0 Å². The Labute approximate surface area is 227 Å². The molecular formula is C31H29N3O3S. The molecule has 0 bridgehead atoms. The number of amides is 1. The standard InChI is InChI=1S/C31H29N3O3S/c1-4-9-23-16-22(17-27(36-6-3)29(23)37-20-25-11-8-7-10-24(25)19-32)18-28-30(35)34-31(38-28)33-26-14-12-21(5-2)13-15-26/h4,7-8,10-18H,1,5-6,9,20H2,2-3H3,(H,33,34,35)/b28-18-. The molecule has 0 radical (unpaired) electrons. The van der Waals surface area contributed by atoms with Crippen LogP contribution in [0.3, 0.4) is 0 Å². The SMILES string of the molecule is C=CCc1cc(/C=C2\SC(=Nc3ccc(CC)cc3)NC2=O)cc(OCC)c1OCc1ccccc1C#N. The summed E-state index contributed by atoms with van der Waals surface area (Å²) in [6.07, 6.45) is 5.13. The smallest absolute Gasteiger partial charge is 0.264 e. The highest BCUT2D eigenvalue weighted by atomic mass is 32.2. The zero-order valence-electron chi connectivity index (χ0n) is 21.5. The van der Waals surface area contributed by atoms with E-state index in [1.54, 1.807) is 12.1 Å². The number of amidine groups is 1. The molecule has 3 aromatic carbocycles. The van der Waals surface area contributed by atoms with Gasteiger partial charge in [-0.2, -0.15) is 5.26 Å². The molecule has 0 atom stereocenters. The van der Waals surface area contributed by atoms with E-state index >= 15 is 0 Å². The fourth-order valence-electron chi connectivity index (χ4n) is 3.96. The third-order valence-electron chi connectivity index (χ3n) is 5.85. The van der Waals surface area contributed by atoms with E-state index in [0.717, 1.165) is 28.8 Å². The number of carbonyl (C=O) groups excluding carboxylic acids is 1. The minimum atomic E-state index is -0.199. The van der Waals surface area contributed by atoms with Crippen LogP contribution in [0.1, 0.15) is 41.7 Å². The number of ether oxygens (including phenoxy) is 2. The van der Waals surface area contributed by atoms with Gasteiger partial charge in [0.1, 0.15) is 6.61 Å². The molecule has 1 N–H and O–H groups in total. The molecular weight excluding hydrogens is 494 g/mol. The minimum absolute atomic E-state index is 0.199. The second-order valence-corrected chi connectivity index (χ2v) is 9.52. The van der Waals surface area contributed by atoms with E-state index < -0.39 is 0 Å². The van der Waals surface area contributed by atoms with Gasteiger partial charge in [0.05, 0.1) is 28.8 Å². The first-order chi connectivity index (χ1) is 18.5. The highest BCUT2D eigenvalue weighted by Gasteiger charge is 2.24. The summed E-state index contributed by atoms with van der Waals surface area (Å²) in [5.41, 5.74) is 5.07. The zero-order valence-corrected chi connectivity index (χ0v) is 22.3. The molecule has 1 fully saturated rings. The van der Waals surface area contributed by atoms with Gasteiger partial charge in [-0.3, -0.25) is 4.79 Å². The fourth-order valence-corrected chi connectivity index (χ4v) is 4.80. The molecule has 1 aliphatic rings. The van der Waals surface area contributed by atoms with Gasteiger partial charge in [0.25, 0.3) is 5.91 Å². The Bertz CT molecular complexity index is 1440. The first-order valence-corrected chi connectivity index (χ1v) is 13.3. The number of thioether (sulfide) groups is 1. The molecule has 1 saturated heterocycles. The minimum Gasteiger partial charge on any atom is -0.490 e. The van der Waals surface area contributed by atoms with Crippen LogP contribution in [-0.4, -0.2) is 17.7 Å². The molecule has 1 heterocycles. The van der Waals surface area contributed by atoms with Crippen molar-refractivity contribution in [1.29, 1.82) is 5.26 Å². The van der Waals surface area contributed by atoms with Crippen LogP contribution in [0.15, 0.2) is 83.2 Å². The van der Waals surface area contributed by atoms with Gasteiger partial charge in [-0.15, -0.1) is 6.58 Å². The monoisotopic (exact) mass is 523 g/mol. The Balaban J connectivity index is 1.62. The molecule has 1 aliphatic heterocycles. The van der Waals surface area contributed by atoms with Crippen molar-refractivity contribution in [3.63, 3.8) is 0 Å². The second kappa shape index (κ2) is 12.8. The van der Waals surface area contributed by atoms with Crippen LogP contribution in [0.2, 0.25) is 0 Å². The molecule has 192 valence electrons. The van der Waals surface area contributed by atoms with Crippen LogP contribution >= 0.6 is 11.8 Å². The van der Waals surface area contributed by atoms with Gasteiger partial charge < -0.3 is 14.8 Å². The number of nitrogens with zero attached hydrogens (tertiary/aromatic N) is 2. The van der Waals surface area contributed by atoms with Gasteiger partial charge in [-0.25, -0.2) is 4.99 Å². The number of nitriles is 1. The number of allylic oxidation sites excluding steroid dienone is 1. The largest absolute Gasteiger partial charge is 0.490 e. The third-order valence-corrected chi connectivity index (χ3v) is 6.76. The van der Waals surface area contributed by atoms with Gasteiger partial charge in [-0.1, -0.05) is 43.3 Å². The normalized spacial score (nSPS) is 14.8. The van der Waals surface area contributed by atoms with Crippen molar-refractivity contribution in [2.24, 2.45) is 4.99 Å². The molecule has 1 amide bonds. The van der Waals surface area contributed by atoms with E-state index in [1.165, 1.54) is 17.3 Å². The molecule has 0 unspecified atom stereocenters. The number of rotatable bonds is 10. The Kier molecular flexibility index (Phi) is 9.02. The van der Waals surface area contributed by atoms with E-state index in [4.69, 9.17) is 9.47 Å². The first-order valence-electron chi connectivity index (χ1n) is 12.4. The highest BCUT2D eigenvalue weighted by molar-refractivity contribution is 8.18. The molecule has 3 aromatic rings. The summed E-state index contributed by atoms with van der Waals surface area (Å²) < 4.78 is 12.1. The van der Waals surface area contributed by atoms with Crippen LogP contribution in [0.5, 0.6) is 11.5 Å². The number of aliphatic imine (C=N–C) groups is 1. The summed E-state index contributed by atoms with van der Waals surface area (Å²) in [5.74, 6) is 0.972. The lowest BCUT2D eigenvalue weighted by atomic mass is 10.0. The van der Waals surface area contributed by atoms with Crippen LogP contribution in [0.25, 0.3) is 6.08 Å². The van der Waals surface area contributed by atoms with Gasteiger partial charge in [0.2, 0.25) is 0 Å². The summed E-state index contributed by atoms with van der Waals surface area (Å²) in [7, 11) is 0. The van der Waals surface area contributed by atoms with Crippen molar-refractivity contribution in [3.05, 3.63) is 106 Å². The maximum Gasteiger partial charge on any atom is 0.264 e. The quantitative estimate of drug-likeness (QED) is 0.236. The lowest BCUT2D eigenvalue weighted by Crippen LogP contribution is -2.19. The van der Waals surface area contributed by atoms with E-state index in [-0.39, 0.29) is 12.5 Å². The number of carbonyl (C=O) groups is 1. The highest BCUT2D eigenvalue weighted by Crippen LogP contribution is 2.37. The topological polar surface area (TPSA) is 83.7 Å². The summed E-state index contributed by atoms with van der Waals surface area (Å²) >= 11 is 1.30. The molecule has 0 aliphatic carbocycles. The van der Waals surface area contributed by atoms with Gasteiger partial charge in [0, 0.05) is 11.1 Å². The summed E-state index contributed by atoms with van der Waals surface area (Å²) in [6.45, 7) is 8.57. The van der Waals surface area contributed by atoms with E-state index in [9.17, 15) is 10.1 Å². The zero-order chi connectivity index (χ0) is 26.9. The van der Waals surface area contributed by atoms with Crippen LogP contribution < -0.4 is 14.8 Å². The summed E-state index contributed by atoms with van der Waals surface area (Å²) in [4.78, 5) is 17.8. The first kappa shape index (κ1) is 26.8. The Hall–Kier alpha value is -4.28. The van der Waals surface area contributed by atoms with E-state index in [0.29, 0.717) is 40.2 Å².